The molecule has 0 bridgehead atoms. The molecule has 2 aromatic rings. The van der Waals surface area contributed by atoms with E-state index in [9.17, 15) is 27.6 Å². The Morgan fingerprint density at radius 1 is 0.974 bits per heavy atom. The van der Waals surface area contributed by atoms with Crippen molar-refractivity contribution in [3.63, 3.8) is 0 Å². The van der Waals surface area contributed by atoms with Gasteiger partial charge in [0.25, 0.3) is 0 Å². The Kier molecular flexibility index (Phi) is 11.2. The molecule has 0 radical (unpaired) electrons. The molecule has 7 N–H and O–H groups in total. The highest BCUT2D eigenvalue weighted by Crippen LogP contribution is 2.29. The largest absolute Gasteiger partial charge is 0.480 e. The number of nitrogens with two attached hydrogens (primary N) is 2. The Morgan fingerprint density at radius 3 is 2.16 bits per heavy atom. The van der Waals surface area contributed by atoms with Crippen molar-refractivity contribution in [3.8, 4) is 0 Å². The number of carbonyl (C=O) groups is 3. The molecule has 38 heavy (non-hydrogen) atoms. The first kappa shape index (κ1) is 30.3. The van der Waals surface area contributed by atoms with Gasteiger partial charge in [0.15, 0.2) is 5.96 Å². The number of benzene rings is 2. The fraction of sp³-hybridized carbons (Fsp3) is 0.360. The summed E-state index contributed by atoms with van der Waals surface area (Å²) in [5, 5.41) is 17.8. The lowest BCUT2D eigenvalue weighted by Crippen LogP contribution is -2.48. The summed E-state index contributed by atoms with van der Waals surface area (Å²) in [5.74, 6) is -3.19. The molecule has 0 heterocycles. The van der Waals surface area contributed by atoms with E-state index >= 15 is 0 Å². The van der Waals surface area contributed by atoms with E-state index in [2.05, 4.69) is 5.43 Å². The third-order valence-corrected chi connectivity index (χ3v) is 5.63. The number of aliphatic carboxylic acids is 1. The highest BCUT2D eigenvalue weighted by molar-refractivity contribution is 6.03. The number of amides is 2. The summed E-state index contributed by atoms with van der Waals surface area (Å²) in [7, 11) is 0. The van der Waals surface area contributed by atoms with Crippen LogP contribution < -0.4 is 16.9 Å². The third-order valence-electron chi connectivity index (χ3n) is 5.63. The number of carboxylic acid groups (broad SMARTS) is 1. The summed E-state index contributed by atoms with van der Waals surface area (Å²) in [6.45, 7) is 0.0894. The van der Waals surface area contributed by atoms with Gasteiger partial charge in [-0.3, -0.25) is 29.7 Å². The fourth-order valence-electron chi connectivity index (χ4n) is 3.47. The van der Waals surface area contributed by atoms with Crippen molar-refractivity contribution >= 4 is 23.7 Å². The number of nitrogens with one attached hydrogen (secondary N) is 2. The summed E-state index contributed by atoms with van der Waals surface area (Å²) in [5.41, 5.74) is 14.4. The molecule has 0 fully saturated rings. The number of guanidine groups is 1. The zero-order valence-electron chi connectivity index (χ0n) is 20.6. The van der Waals surface area contributed by atoms with E-state index in [1.807, 2.05) is 30.3 Å². The highest BCUT2D eigenvalue weighted by atomic mass is 19.4. The molecule has 0 aromatic heterocycles. The quantitative estimate of drug-likeness (QED) is 0.113. The Hall–Kier alpha value is -3.97. The predicted molar refractivity (Wildman–Crippen MR) is 133 cm³/mol. The maximum atomic E-state index is 13.0. The molecule has 0 saturated heterocycles. The second-order valence-corrected chi connectivity index (χ2v) is 8.50. The Morgan fingerprint density at radius 2 is 1.61 bits per heavy atom. The van der Waals surface area contributed by atoms with Crippen molar-refractivity contribution in [2.45, 2.75) is 44.4 Å². The minimum Gasteiger partial charge on any atom is -0.480 e. The first-order chi connectivity index (χ1) is 17.9. The van der Waals surface area contributed by atoms with Gasteiger partial charge in [-0.15, -0.1) is 0 Å². The minimum atomic E-state index is -4.47. The standard InChI is InChI=1S/C25H31F3N6O4/c26-25(27,28)19-10-8-18(9-11-19)16-32-34(14-12-17-5-2-1-3-6-17)22(36)15-21(35)33(24(30)31)13-4-7-20(29)23(37)38/h1-3,5-6,8-11,20,32H,4,7,12-16,29H2,(H3,30,31)(H,37,38). The number of alkyl halides is 3. The summed E-state index contributed by atoms with van der Waals surface area (Å²) < 4.78 is 38.5. The van der Waals surface area contributed by atoms with Gasteiger partial charge in [-0.25, -0.2) is 5.43 Å². The van der Waals surface area contributed by atoms with Crippen molar-refractivity contribution in [3.05, 3.63) is 71.3 Å². The number of carboxylic acids is 1. The van der Waals surface area contributed by atoms with Gasteiger partial charge in [0.05, 0.1) is 5.56 Å². The normalized spacial score (nSPS) is 12.0. The van der Waals surface area contributed by atoms with Crippen molar-refractivity contribution in [2.75, 3.05) is 13.1 Å². The predicted octanol–water partition coefficient (Wildman–Crippen LogP) is 2.09. The molecular weight excluding hydrogens is 505 g/mol. The van der Waals surface area contributed by atoms with Crippen LogP contribution in [0.5, 0.6) is 0 Å². The molecule has 0 aliphatic carbocycles. The fourth-order valence-corrected chi connectivity index (χ4v) is 3.47. The molecule has 2 amide bonds. The maximum Gasteiger partial charge on any atom is 0.416 e. The summed E-state index contributed by atoms with van der Waals surface area (Å²) in [6, 6.07) is 12.6. The van der Waals surface area contributed by atoms with Crippen LogP contribution in [0.4, 0.5) is 13.2 Å². The number of hydrogen-bond donors (Lipinski definition) is 5. The monoisotopic (exact) mass is 536 g/mol. The Bertz CT molecular complexity index is 1100. The van der Waals surface area contributed by atoms with Crippen LogP contribution in [0.2, 0.25) is 0 Å². The van der Waals surface area contributed by atoms with Crippen molar-refractivity contribution in [2.24, 2.45) is 11.5 Å². The number of rotatable bonds is 13. The van der Waals surface area contributed by atoms with Crippen LogP contribution in [0.1, 0.15) is 36.0 Å². The molecule has 0 saturated carbocycles. The Balaban J connectivity index is 2.07. The molecular formula is C25H31F3N6O4. The van der Waals surface area contributed by atoms with Crippen LogP contribution in [0, 0.1) is 5.41 Å². The molecule has 0 aliphatic heterocycles. The zero-order chi connectivity index (χ0) is 28.3. The summed E-state index contributed by atoms with van der Waals surface area (Å²) >= 11 is 0. The van der Waals surface area contributed by atoms with Crippen LogP contribution in [0.15, 0.2) is 54.6 Å². The van der Waals surface area contributed by atoms with E-state index in [4.69, 9.17) is 22.0 Å². The highest BCUT2D eigenvalue weighted by Gasteiger charge is 2.30. The molecule has 13 heteroatoms. The maximum absolute atomic E-state index is 13.0. The van der Waals surface area contributed by atoms with Crippen molar-refractivity contribution in [1.29, 1.82) is 5.41 Å². The van der Waals surface area contributed by atoms with E-state index in [1.54, 1.807) is 0 Å². The van der Waals surface area contributed by atoms with E-state index in [1.165, 1.54) is 17.1 Å². The van der Waals surface area contributed by atoms with Crippen LogP contribution in [-0.2, 0) is 33.5 Å². The van der Waals surface area contributed by atoms with E-state index in [0.29, 0.717) is 12.0 Å². The van der Waals surface area contributed by atoms with E-state index in [-0.39, 0.29) is 32.5 Å². The van der Waals surface area contributed by atoms with Gasteiger partial charge in [-0.2, -0.15) is 13.2 Å². The first-order valence-corrected chi connectivity index (χ1v) is 11.7. The molecule has 0 spiro atoms. The van der Waals surface area contributed by atoms with Crippen LogP contribution in [0.3, 0.4) is 0 Å². The van der Waals surface area contributed by atoms with Gasteiger partial charge >= 0.3 is 12.1 Å². The van der Waals surface area contributed by atoms with Gasteiger partial charge in [0, 0.05) is 19.6 Å². The van der Waals surface area contributed by atoms with Crippen molar-refractivity contribution in [1.82, 2.24) is 15.3 Å². The van der Waals surface area contributed by atoms with Gasteiger partial charge < -0.3 is 16.6 Å². The second kappa shape index (κ2) is 14.1. The number of halogens is 3. The molecule has 1 unspecified atom stereocenters. The van der Waals surface area contributed by atoms with Crippen LogP contribution in [0.25, 0.3) is 0 Å². The lowest BCUT2D eigenvalue weighted by atomic mass is 10.1. The van der Waals surface area contributed by atoms with Gasteiger partial charge in [-0.1, -0.05) is 42.5 Å². The van der Waals surface area contributed by atoms with E-state index in [0.717, 1.165) is 22.6 Å². The minimum absolute atomic E-state index is 0.0242. The zero-order valence-corrected chi connectivity index (χ0v) is 20.6. The molecule has 206 valence electrons. The van der Waals surface area contributed by atoms with Gasteiger partial charge in [0.1, 0.15) is 12.5 Å². The van der Waals surface area contributed by atoms with E-state index < -0.39 is 47.9 Å². The third kappa shape index (κ3) is 9.82. The molecule has 0 aliphatic rings. The number of nitrogens with zero attached hydrogens (tertiary/aromatic N) is 2. The molecule has 2 aromatic carbocycles. The average molecular weight is 537 g/mol. The molecule has 10 nitrogen and oxygen atoms in total. The van der Waals surface area contributed by atoms with Gasteiger partial charge in [0.2, 0.25) is 11.8 Å². The summed E-state index contributed by atoms with van der Waals surface area (Å²) in [4.78, 5) is 37.5. The number of carbonyl (C=O) groups excluding carboxylic acids is 2. The topological polar surface area (TPSA) is 166 Å². The van der Waals surface area contributed by atoms with Crippen LogP contribution in [-0.4, -0.2) is 57.9 Å². The summed E-state index contributed by atoms with van der Waals surface area (Å²) in [6.07, 6.45) is -4.48. The average Bonchev–Trinajstić information content (AvgIpc) is 2.86. The van der Waals surface area contributed by atoms with Crippen molar-refractivity contribution < 1.29 is 32.7 Å². The van der Waals surface area contributed by atoms with Crippen LogP contribution >= 0.6 is 0 Å². The number of hydrazine groups is 1. The van der Waals surface area contributed by atoms with Gasteiger partial charge in [-0.05, 0) is 42.5 Å². The molecule has 2 rings (SSSR count). The smallest absolute Gasteiger partial charge is 0.416 e. The first-order valence-electron chi connectivity index (χ1n) is 11.7. The second-order valence-electron chi connectivity index (χ2n) is 8.50. The SMILES string of the molecule is N=C(N)N(CCCC(N)C(=O)O)C(=O)CC(=O)N(CCc1ccccc1)NCc1ccc(C(F)(F)F)cc1. The lowest BCUT2D eigenvalue weighted by Gasteiger charge is -2.26. The lowest BCUT2D eigenvalue weighted by molar-refractivity contribution is -0.141. The number of hydrogen-bond acceptors (Lipinski definition) is 6. The Labute approximate surface area is 217 Å². The molecule has 1 atom stereocenters.